The van der Waals surface area contributed by atoms with E-state index in [0.717, 1.165) is 6.07 Å². The molecule has 1 aliphatic heterocycles. The van der Waals surface area contributed by atoms with Crippen LogP contribution >= 0.6 is 23.2 Å². The van der Waals surface area contributed by atoms with Crippen LogP contribution in [0.4, 0.5) is 8.78 Å². The van der Waals surface area contributed by atoms with Crippen molar-refractivity contribution in [3.05, 3.63) is 69.2 Å². The van der Waals surface area contributed by atoms with Gasteiger partial charge in [-0.05, 0) is 41.5 Å². The van der Waals surface area contributed by atoms with Gasteiger partial charge in [0.05, 0.1) is 10.6 Å². The Labute approximate surface area is 197 Å². The molecule has 0 radical (unpaired) electrons. The van der Waals surface area contributed by atoms with E-state index >= 15 is 8.78 Å². The topological polar surface area (TPSA) is 75.3 Å². The average Bonchev–Trinajstić information content (AvgIpc) is 2.96. The molecule has 4 nitrogen and oxygen atoms in total. The molecule has 1 fully saturated rings. The Hall–Kier alpha value is -1.73. The molecule has 0 aliphatic carbocycles. The Kier molecular flexibility index (Phi) is 6.93. The van der Waals surface area contributed by atoms with E-state index in [4.69, 9.17) is 28.9 Å². The Balaban J connectivity index is 2.29. The van der Waals surface area contributed by atoms with Gasteiger partial charge in [0.15, 0.2) is 0 Å². The summed E-state index contributed by atoms with van der Waals surface area (Å²) in [5, 5.41) is 13.2. The number of carboxylic acid groups (broad SMARTS) is 1. The molecule has 1 heterocycles. The maximum Gasteiger partial charge on any atom is 0.321 e. The molecular formula is C24H28Cl2F2N2O2. The third kappa shape index (κ3) is 4.26. The second-order valence-corrected chi connectivity index (χ2v) is 10.4. The van der Waals surface area contributed by atoms with Gasteiger partial charge in [-0.25, -0.2) is 8.78 Å². The van der Waals surface area contributed by atoms with Crippen LogP contribution in [0.15, 0.2) is 36.4 Å². The Bertz CT molecular complexity index is 1030. The summed E-state index contributed by atoms with van der Waals surface area (Å²) in [5.74, 6) is -3.53. The fourth-order valence-corrected chi connectivity index (χ4v) is 4.88. The first kappa shape index (κ1) is 24.9. The van der Waals surface area contributed by atoms with Crippen LogP contribution in [0.2, 0.25) is 10.0 Å². The summed E-state index contributed by atoms with van der Waals surface area (Å²) in [5.41, 5.74) is 5.23. The molecule has 4 unspecified atom stereocenters. The standard InChI is InChI=1S/C24H28Cl2F2N2O2/c1-12(2)23(3,4)11-18-24(29,15-9-8-13(25)10-17(15)27)19(21(30-18)22(31)32)14-6-5-7-16(26)20(14)28/h5-10,12,18-19,21,30H,11,29H2,1-4H3,(H,31,32). The zero-order valence-electron chi connectivity index (χ0n) is 18.4. The van der Waals surface area contributed by atoms with Crippen molar-refractivity contribution in [3.63, 3.8) is 0 Å². The maximum atomic E-state index is 15.2. The van der Waals surface area contributed by atoms with Crippen molar-refractivity contribution in [3.8, 4) is 0 Å². The van der Waals surface area contributed by atoms with Gasteiger partial charge < -0.3 is 10.8 Å². The van der Waals surface area contributed by atoms with Crippen LogP contribution < -0.4 is 11.1 Å². The molecule has 32 heavy (non-hydrogen) atoms. The van der Waals surface area contributed by atoms with Crippen LogP contribution in [-0.2, 0) is 10.3 Å². The fourth-order valence-electron chi connectivity index (χ4n) is 4.54. The summed E-state index contributed by atoms with van der Waals surface area (Å²) in [7, 11) is 0. The number of aliphatic carboxylic acids is 1. The second-order valence-electron chi connectivity index (χ2n) is 9.56. The van der Waals surface area contributed by atoms with Gasteiger partial charge in [0.2, 0.25) is 0 Å². The number of carbonyl (C=O) groups is 1. The highest BCUT2D eigenvalue weighted by molar-refractivity contribution is 6.31. The Morgan fingerprint density at radius 3 is 2.47 bits per heavy atom. The van der Waals surface area contributed by atoms with Crippen molar-refractivity contribution in [2.45, 2.75) is 57.7 Å². The lowest BCUT2D eigenvalue weighted by Crippen LogP contribution is -2.53. The van der Waals surface area contributed by atoms with Gasteiger partial charge in [0.1, 0.15) is 17.7 Å². The van der Waals surface area contributed by atoms with E-state index in [-0.39, 0.29) is 32.5 Å². The van der Waals surface area contributed by atoms with Gasteiger partial charge >= 0.3 is 5.97 Å². The summed E-state index contributed by atoms with van der Waals surface area (Å²) in [6.07, 6.45) is 0.436. The van der Waals surface area contributed by atoms with Gasteiger partial charge in [0, 0.05) is 22.5 Å². The molecule has 2 aromatic carbocycles. The molecule has 174 valence electrons. The lowest BCUT2D eigenvalue weighted by molar-refractivity contribution is -0.139. The molecule has 0 spiro atoms. The first-order valence-electron chi connectivity index (χ1n) is 10.5. The monoisotopic (exact) mass is 484 g/mol. The molecule has 2 aromatic rings. The highest BCUT2D eigenvalue weighted by Gasteiger charge is 2.59. The van der Waals surface area contributed by atoms with Crippen LogP contribution in [-0.4, -0.2) is 23.2 Å². The molecule has 0 saturated carbocycles. The van der Waals surface area contributed by atoms with Crippen LogP contribution in [0.1, 0.15) is 51.2 Å². The highest BCUT2D eigenvalue weighted by Crippen LogP contribution is 2.50. The largest absolute Gasteiger partial charge is 0.480 e. The fraction of sp³-hybridized carbons (Fsp3) is 0.458. The average molecular weight is 485 g/mol. The van der Waals surface area contributed by atoms with Crippen LogP contribution in [0.3, 0.4) is 0 Å². The van der Waals surface area contributed by atoms with Gasteiger partial charge in [-0.2, -0.15) is 0 Å². The summed E-state index contributed by atoms with van der Waals surface area (Å²) >= 11 is 12.0. The van der Waals surface area contributed by atoms with Crippen molar-refractivity contribution >= 4 is 29.2 Å². The lowest BCUT2D eigenvalue weighted by atomic mass is 9.66. The minimum atomic E-state index is -1.59. The minimum Gasteiger partial charge on any atom is -0.480 e. The number of nitrogens with two attached hydrogens (primary N) is 1. The van der Waals surface area contributed by atoms with Gasteiger partial charge in [-0.15, -0.1) is 0 Å². The number of carboxylic acids is 1. The van der Waals surface area contributed by atoms with E-state index in [1.807, 2.05) is 13.8 Å². The number of rotatable bonds is 6. The molecule has 3 rings (SSSR count). The molecule has 8 heteroatoms. The summed E-state index contributed by atoms with van der Waals surface area (Å²) in [6, 6.07) is 6.52. The molecule has 0 amide bonds. The lowest BCUT2D eigenvalue weighted by Gasteiger charge is -2.41. The van der Waals surface area contributed by atoms with Gasteiger partial charge in [-0.3, -0.25) is 10.1 Å². The van der Waals surface area contributed by atoms with E-state index in [1.165, 1.54) is 30.3 Å². The zero-order chi connectivity index (χ0) is 24.0. The summed E-state index contributed by atoms with van der Waals surface area (Å²) < 4.78 is 30.4. The molecule has 1 saturated heterocycles. The van der Waals surface area contributed by atoms with Gasteiger partial charge in [0.25, 0.3) is 0 Å². The van der Waals surface area contributed by atoms with Crippen molar-refractivity contribution in [1.82, 2.24) is 5.32 Å². The molecule has 0 aromatic heterocycles. The third-order valence-corrected chi connectivity index (χ3v) is 7.61. The van der Waals surface area contributed by atoms with E-state index in [1.54, 1.807) is 0 Å². The predicted molar refractivity (Wildman–Crippen MR) is 123 cm³/mol. The number of hydrogen-bond acceptors (Lipinski definition) is 3. The van der Waals surface area contributed by atoms with E-state index in [9.17, 15) is 9.90 Å². The highest BCUT2D eigenvalue weighted by atomic mass is 35.5. The number of benzene rings is 2. The van der Waals surface area contributed by atoms with Crippen LogP contribution in [0, 0.1) is 23.0 Å². The number of hydrogen-bond donors (Lipinski definition) is 3. The molecule has 4 N–H and O–H groups in total. The number of nitrogens with one attached hydrogen (secondary N) is 1. The first-order chi connectivity index (χ1) is 14.8. The smallest absolute Gasteiger partial charge is 0.321 e. The van der Waals surface area contributed by atoms with Crippen molar-refractivity contribution < 1.29 is 18.7 Å². The normalized spacial score (nSPS) is 26.0. The van der Waals surface area contributed by atoms with E-state index in [2.05, 4.69) is 19.2 Å². The minimum absolute atomic E-state index is 0.0269. The zero-order valence-corrected chi connectivity index (χ0v) is 19.9. The van der Waals surface area contributed by atoms with Crippen molar-refractivity contribution in [1.29, 1.82) is 0 Å². The first-order valence-corrected chi connectivity index (χ1v) is 11.2. The second kappa shape index (κ2) is 8.90. The quantitative estimate of drug-likeness (QED) is 0.490. The molecule has 0 bridgehead atoms. The predicted octanol–water partition coefficient (Wildman–Crippen LogP) is 5.71. The Morgan fingerprint density at radius 1 is 1.25 bits per heavy atom. The van der Waals surface area contributed by atoms with E-state index in [0.29, 0.717) is 6.42 Å². The Morgan fingerprint density at radius 2 is 1.91 bits per heavy atom. The summed E-state index contributed by atoms with van der Waals surface area (Å²) in [6.45, 7) is 8.19. The van der Waals surface area contributed by atoms with Crippen molar-refractivity contribution in [2.75, 3.05) is 0 Å². The molecule has 4 atom stereocenters. The molecular weight excluding hydrogens is 457 g/mol. The maximum absolute atomic E-state index is 15.2. The van der Waals surface area contributed by atoms with Gasteiger partial charge in [-0.1, -0.05) is 69.1 Å². The van der Waals surface area contributed by atoms with Crippen molar-refractivity contribution in [2.24, 2.45) is 17.1 Å². The van der Waals surface area contributed by atoms with Crippen LogP contribution in [0.25, 0.3) is 0 Å². The van der Waals surface area contributed by atoms with Crippen LogP contribution in [0.5, 0.6) is 0 Å². The number of halogens is 4. The van der Waals surface area contributed by atoms with E-state index < -0.39 is 41.1 Å². The third-order valence-electron chi connectivity index (χ3n) is 7.08. The summed E-state index contributed by atoms with van der Waals surface area (Å²) in [4.78, 5) is 12.3. The SMILES string of the molecule is CC(C)C(C)(C)CC1NC(C(=O)O)C(c2cccc(Cl)c2F)C1(N)c1ccc(Cl)cc1F. The molecule has 1 aliphatic rings.